The maximum atomic E-state index is 12.4. The molecule has 16 heavy (non-hydrogen) atoms. The lowest BCUT2D eigenvalue weighted by Gasteiger charge is -2.36. The summed E-state index contributed by atoms with van der Waals surface area (Å²) < 4.78 is 42.6. The van der Waals surface area contributed by atoms with Gasteiger partial charge in [-0.2, -0.15) is 18.4 Å². The van der Waals surface area contributed by atoms with Crippen LogP contribution in [0.5, 0.6) is 0 Å². The van der Waals surface area contributed by atoms with Gasteiger partial charge in [-0.15, -0.1) is 0 Å². The van der Waals surface area contributed by atoms with Crippen LogP contribution in [0, 0.1) is 17.2 Å². The first kappa shape index (κ1) is 13.3. The van der Waals surface area contributed by atoms with Crippen molar-refractivity contribution in [2.24, 2.45) is 5.92 Å². The Morgan fingerprint density at radius 2 is 1.88 bits per heavy atom. The van der Waals surface area contributed by atoms with Crippen molar-refractivity contribution >= 4 is 0 Å². The van der Waals surface area contributed by atoms with E-state index in [0.29, 0.717) is 13.1 Å². The molecule has 0 aromatic heterocycles. The maximum absolute atomic E-state index is 12.4. The molecule has 0 bridgehead atoms. The Kier molecular flexibility index (Phi) is 4.16. The van der Waals surface area contributed by atoms with Gasteiger partial charge in [-0.3, -0.25) is 4.90 Å². The first-order chi connectivity index (χ1) is 7.32. The monoisotopic (exact) mass is 236 g/mol. The van der Waals surface area contributed by atoms with E-state index in [-0.39, 0.29) is 18.8 Å². The average Bonchev–Trinajstić information content (AvgIpc) is 2.10. The number of ether oxygens (including phenoxy) is 1. The van der Waals surface area contributed by atoms with Gasteiger partial charge in [-0.25, -0.2) is 0 Å². The van der Waals surface area contributed by atoms with Gasteiger partial charge in [0.05, 0.1) is 18.3 Å². The molecule has 0 amide bonds. The molecule has 0 radical (unpaired) electrons. The highest BCUT2D eigenvalue weighted by molar-refractivity contribution is 4.91. The van der Waals surface area contributed by atoms with E-state index in [1.807, 2.05) is 13.8 Å². The van der Waals surface area contributed by atoms with Crippen LogP contribution in [0.1, 0.15) is 13.8 Å². The number of nitriles is 1. The van der Waals surface area contributed by atoms with Crippen molar-refractivity contribution in [2.75, 3.05) is 19.6 Å². The Morgan fingerprint density at radius 1 is 1.38 bits per heavy atom. The number of halogens is 3. The summed E-state index contributed by atoms with van der Waals surface area (Å²) in [4.78, 5) is 1.64. The molecule has 0 N–H and O–H groups in total. The molecule has 0 aromatic carbocycles. The number of hydrogen-bond acceptors (Lipinski definition) is 3. The molecule has 1 saturated heterocycles. The summed E-state index contributed by atoms with van der Waals surface area (Å²) >= 11 is 0. The third kappa shape index (κ3) is 3.65. The van der Waals surface area contributed by atoms with E-state index in [1.54, 1.807) is 4.90 Å². The molecule has 1 aliphatic heterocycles. The lowest BCUT2D eigenvalue weighted by Crippen LogP contribution is -2.48. The van der Waals surface area contributed by atoms with Crippen LogP contribution in [-0.2, 0) is 4.74 Å². The fraction of sp³-hybridized carbons (Fsp3) is 0.900. The third-order valence-electron chi connectivity index (χ3n) is 2.49. The van der Waals surface area contributed by atoms with Crippen molar-refractivity contribution in [1.82, 2.24) is 4.90 Å². The molecule has 1 fully saturated rings. The lowest BCUT2D eigenvalue weighted by atomic mass is 10.1. The van der Waals surface area contributed by atoms with Crippen LogP contribution in [0.15, 0.2) is 0 Å². The topological polar surface area (TPSA) is 36.3 Å². The fourth-order valence-electron chi connectivity index (χ4n) is 1.91. The molecule has 6 heteroatoms. The minimum atomic E-state index is -4.44. The zero-order chi connectivity index (χ0) is 12.3. The van der Waals surface area contributed by atoms with E-state index in [2.05, 4.69) is 0 Å². The second-order valence-electron chi connectivity index (χ2n) is 4.20. The molecule has 1 heterocycles. The Labute approximate surface area is 92.8 Å². The van der Waals surface area contributed by atoms with Crippen LogP contribution in [-0.4, -0.2) is 42.9 Å². The molecule has 92 valence electrons. The first-order valence-electron chi connectivity index (χ1n) is 5.17. The minimum Gasteiger partial charge on any atom is -0.373 e. The highest BCUT2D eigenvalue weighted by Gasteiger charge is 2.41. The van der Waals surface area contributed by atoms with Gasteiger partial charge in [0.1, 0.15) is 0 Å². The number of rotatable bonds is 2. The van der Waals surface area contributed by atoms with Gasteiger partial charge in [0, 0.05) is 19.6 Å². The van der Waals surface area contributed by atoms with E-state index < -0.39 is 12.1 Å². The van der Waals surface area contributed by atoms with Crippen molar-refractivity contribution < 1.29 is 17.9 Å². The van der Waals surface area contributed by atoms with Crippen LogP contribution < -0.4 is 0 Å². The largest absolute Gasteiger partial charge is 0.405 e. The molecule has 3 atom stereocenters. The molecule has 1 aliphatic rings. The summed E-state index contributed by atoms with van der Waals surface area (Å²) in [6.07, 6.45) is -4.62. The third-order valence-corrected chi connectivity index (χ3v) is 2.49. The zero-order valence-corrected chi connectivity index (χ0v) is 9.29. The SMILES string of the molecule is CC1CN(CC(C#N)C(F)(F)F)CC(C)O1. The number of alkyl halides is 3. The van der Waals surface area contributed by atoms with Crippen molar-refractivity contribution in [2.45, 2.75) is 32.2 Å². The maximum Gasteiger partial charge on any atom is 0.405 e. The second-order valence-corrected chi connectivity index (χ2v) is 4.20. The number of hydrogen-bond donors (Lipinski definition) is 0. The summed E-state index contributed by atoms with van der Waals surface area (Å²) in [5.74, 6) is -1.91. The van der Waals surface area contributed by atoms with Crippen molar-refractivity contribution in [3.05, 3.63) is 0 Å². The minimum absolute atomic E-state index is 0.0867. The predicted octanol–water partition coefficient (Wildman–Crippen LogP) is 1.80. The highest BCUT2D eigenvalue weighted by Crippen LogP contribution is 2.27. The normalized spacial score (nSPS) is 29.8. The lowest BCUT2D eigenvalue weighted by molar-refractivity contribution is -0.169. The van der Waals surface area contributed by atoms with Crippen molar-refractivity contribution in [3.63, 3.8) is 0 Å². The number of nitrogens with zero attached hydrogens (tertiary/aromatic N) is 2. The fourth-order valence-corrected chi connectivity index (χ4v) is 1.91. The van der Waals surface area contributed by atoms with Crippen LogP contribution >= 0.6 is 0 Å². The van der Waals surface area contributed by atoms with Crippen LogP contribution in [0.4, 0.5) is 13.2 Å². The molecule has 3 nitrogen and oxygen atoms in total. The Morgan fingerprint density at radius 3 is 2.25 bits per heavy atom. The molecular weight excluding hydrogens is 221 g/mol. The molecule has 0 saturated carbocycles. The molecule has 0 spiro atoms. The smallest absolute Gasteiger partial charge is 0.373 e. The molecule has 3 unspecified atom stereocenters. The molecule has 0 aromatic rings. The van der Waals surface area contributed by atoms with Crippen molar-refractivity contribution in [1.29, 1.82) is 5.26 Å². The van der Waals surface area contributed by atoms with Gasteiger partial charge in [0.25, 0.3) is 0 Å². The summed E-state index contributed by atoms with van der Waals surface area (Å²) in [5.41, 5.74) is 0. The highest BCUT2D eigenvalue weighted by atomic mass is 19.4. The Bertz CT molecular complexity index is 264. The molecule has 0 aliphatic carbocycles. The van der Waals surface area contributed by atoms with Gasteiger partial charge in [0.2, 0.25) is 0 Å². The van der Waals surface area contributed by atoms with E-state index in [1.165, 1.54) is 6.07 Å². The summed E-state index contributed by atoms with van der Waals surface area (Å²) in [6, 6.07) is 1.31. The summed E-state index contributed by atoms with van der Waals surface area (Å²) in [5, 5.41) is 8.50. The molecule has 1 rings (SSSR count). The quantitative estimate of drug-likeness (QED) is 0.733. The van der Waals surface area contributed by atoms with E-state index in [0.717, 1.165) is 0 Å². The zero-order valence-electron chi connectivity index (χ0n) is 9.29. The van der Waals surface area contributed by atoms with Gasteiger partial charge < -0.3 is 4.74 Å². The van der Waals surface area contributed by atoms with Gasteiger partial charge >= 0.3 is 6.18 Å². The van der Waals surface area contributed by atoms with E-state index >= 15 is 0 Å². The van der Waals surface area contributed by atoms with Crippen molar-refractivity contribution in [3.8, 4) is 6.07 Å². The predicted molar refractivity (Wildman–Crippen MR) is 51.6 cm³/mol. The van der Waals surface area contributed by atoms with Crippen LogP contribution in [0.25, 0.3) is 0 Å². The Hall–Kier alpha value is -0.800. The number of morpholine rings is 1. The Balaban J connectivity index is 2.56. The standard InChI is InChI=1S/C10H15F3N2O/c1-7-4-15(5-8(2)16-7)6-9(3-14)10(11,12)13/h7-9H,4-6H2,1-2H3. The van der Waals surface area contributed by atoms with Crippen LogP contribution in [0.2, 0.25) is 0 Å². The first-order valence-corrected chi connectivity index (χ1v) is 5.17. The van der Waals surface area contributed by atoms with E-state index in [9.17, 15) is 13.2 Å². The van der Waals surface area contributed by atoms with Gasteiger partial charge in [-0.1, -0.05) is 0 Å². The molecular formula is C10H15F3N2O. The second kappa shape index (κ2) is 5.02. The van der Waals surface area contributed by atoms with Gasteiger partial charge in [0.15, 0.2) is 5.92 Å². The van der Waals surface area contributed by atoms with Gasteiger partial charge in [-0.05, 0) is 13.8 Å². The van der Waals surface area contributed by atoms with E-state index in [4.69, 9.17) is 10.00 Å². The summed E-state index contributed by atoms with van der Waals surface area (Å²) in [7, 11) is 0. The summed E-state index contributed by atoms with van der Waals surface area (Å²) in [6.45, 7) is 4.25. The average molecular weight is 236 g/mol. The van der Waals surface area contributed by atoms with Crippen LogP contribution in [0.3, 0.4) is 0 Å².